The van der Waals surface area contributed by atoms with Gasteiger partial charge in [0.05, 0.1) is 11.8 Å². The van der Waals surface area contributed by atoms with E-state index in [4.69, 9.17) is 11.6 Å². The summed E-state index contributed by atoms with van der Waals surface area (Å²) in [4.78, 5) is 23.9. The van der Waals surface area contributed by atoms with Crippen LogP contribution in [0.15, 0.2) is 54.6 Å². The van der Waals surface area contributed by atoms with Crippen LogP contribution < -0.4 is 10.6 Å². The molecule has 2 N–H and O–H groups in total. The minimum atomic E-state index is -0.272. The highest BCUT2D eigenvalue weighted by Crippen LogP contribution is 2.17. The van der Waals surface area contributed by atoms with Crippen molar-refractivity contribution in [2.24, 2.45) is 0 Å². The van der Waals surface area contributed by atoms with Crippen molar-refractivity contribution in [3.05, 3.63) is 65.2 Å². The first-order valence-corrected chi connectivity index (χ1v) is 8.96. The molecule has 0 heterocycles. The van der Waals surface area contributed by atoms with Gasteiger partial charge in [-0.25, -0.2) is 0 Å². The maximum Gasteiger partial charge on any atom is 0.243 e. The van der Waals surface area contributed by atoms with Crippen LogP contribution in [0.3, 0.4) is 0 Å². The highest BCUT2D eigenvalue weighted by atomic mass is 35.5. The van der Waals surface area contributed by atoms with Crippen LogP contribution in [-0.4, -0.2) is 23.6 Å². The average Bonchev–Trinajstić information content (AvgIpc) is 2.60. The summed E-state index contributed by atoms with van der Waals surface area (Å²) in [6.07, 6.45) is 0. The predicted octanol–water partition coefficient (Wildman–Crippen LogP) is 3.72. The molecule has 2 amide bonds. The summed E-state index contributed by atoms with van der Waals surface area (Å²) >= 11 is 7.32. The van der Waals surface area contributed by atoms with E-state index in [1.54, 1.807) is 24.3 Å². The largest absolute Gasteiger partial charge is 0.346 e. The van der Waals surface area contributed by atoms with Crippen LogP contribution in [0.5, 0.6) is 0 Å². The number of nitrogens with one attached hydrogen (secondary N) is 2. The molecule has 6 heteroatoms. The van der Waals surface area contributed by atoms with E-state index in [-0.39, 0.29) is 23.6 Å². The van der Waals surface area contributed by atoms with Crippen LogP contribution in [-0.2, 0) is 15.3 Å². The van der Waals surface area contributed by atoms with Gasteiger partial charge in [-0.15, -0.1) is 11.8 Å². The van der Waals surface area contributed by atoms with Crippen molar-refractivity contribution < 1.29 is 9.59 Å². The fourth-order valence-corrected chi connectivity index (χ4v) is 2.92. The van der Waals surface area contributed by atoms with Crippen molar-refractivity contribution in [2.75, 3.05) is 11.9 Å². The summed E-state index contributed by atoms with van der Waals surface area (Å²) < 4.78 is 0. The number of anilines is 1. The van der Waals surface area contributed by atoms with E-state index in [2.05, 4.69) is 10.6 Å². The van der Waals surface area contributed by atoms with Gasteiger partial charge in [-0.2, -0.15) is 0 Å². The van der Waals surface area contributed by atoms with Crippen LogP contribution in [0.1, 0.15) is 12.5 Å². The van der Waals surface area contributed by atoms with Gasteiger partial charge in [0, 0.05) is 16.5 Å². The van der Waals surface area contributed by atoms with Crippen molar-refractivity contribution in [3.63, 3.8) is 0 Å². The second-order valence-electron chi connectivity index (χ2n) is 5.21. The maximum absolute atomic E-state index is 12.0. The van der Waals surface area contributed by atoms with Gasteiger partial charge in [-0.05, 0) is 36.8 Å². The van der Waals surface area contributed by atoms with Gasteiger partial charge in [-0.3, -0.25) is 9.59 Å². The molecule has 4 nitrogen and oxygen atoms in total. The van der Waals surface area contributed by atoms with Gasteiger partial charge in [0.2, 0.25) is 11.8 Å². The molecule has 0 fully saturated rings. The highest BCUT2D eigenvalue weighted by Gasteiger charge is 2.14. The third kappa shape index (κ3) is 6.26. The number of carbonyl (C=O) groups excluding carboxylic acids is 2. The molecule has 0 spiro atoms. The molecule has 0 aliphatic rings. The molecular weight excluding hydrogens is 344 g/mol. The number of benzene rings is 2. The van der Waals surface area contributed by atoms with Crippen LogP contribution in [0.25, 0.3) is 0 Å². The standard InChI is InChI=1S/C18H19ClN2O2S/c1-13(24-12-14-5-3-2-4-6-14)18(23)20-11-17(22)21-16-9-7-15(19)8-10-16/h2-10,13H,11-12H2,1H3,(H,20,23)(H,21,22). The number of amides is 2. The Morgan fingerprint density at radius 1 is 1.08 bits per heavy atom. The first kappa shape index (κ1) is 18.4. The second kappa shape index (κ2) is 9.35. The van der Waals surface area contributed by atoms with E-state index >= 15 is 0 Å². The summed E-state index contributed by atoms with van der Waals surface area (Å²) in [7, 11) is 0. The summed E-state index contributed by atoms with van der Waals surface area (Å²) in [5.74, 6) is 0.333. The SMILES string of the molecule is CC(SCc1ccccc1)C(=O)NCC(=O)Nc1ccc(Cl)cc1. The highest BCUT2D eigenvalue weighted by molar-refractivity contribution is 7.99. The van der Waals surface area contributed by atoms with E-state index in [1.807, 2.05) is 37.3 Å². The van der Waals surface area contributed by atoms with Crippen molar-refractivity contribution in [3.8, 4) is 0 Å². The Bertz CT molecular complexity index is 677. The Morgan fingerprint density at radius 3 is 2.42 bits per heavy atom. The second-order valence-corrected chi connectivity index (χ2v) is 6.98. The summed E-state index contributed by atoms with van der Waals surface area (Å²) in [6.45, 7) is 1.78. The van der Waals surface area contributed by atoms with Crippen molar-refractivity contribution in [1.82, 2.24) is 5.32 Å². The number of halogens is 1. The molecule has 2 aromatic rings. The smallest absolute Gasteiger partial charge is 0.243 e. The van der Waals surface area contributed by atoms with Crippen molar-refractivity contribution in [1.29, 1.82) is 0 Å². The molecule has 24 heavy (non-hydrogen) atoms. The number of hydrogen-bond acceptors (Lipinski definition) is 3. The number of carbonyl (C=O) groups is 2. The lowest BCUT2D eigenvalue weighted by molar-refractivity contribution is -0.123. The zero-order chi connectivity index (χ0) is 17.4. The predicted molar refractivity (Wildman–Crippen MR) is 100 cm³/mol. The van der Waals surface area contributed by atoms with Gasteiger partial charge in [-0.1, -0.05) is 41.9 Å². The fourth-order valence-electron chi connectivity index (χ4n) is 1.92. The van der Waals surface area contributed by atoms with Gasteiger partial charge >= 0.3 is 0 Å². The Kier molecular flexibility index (Phi) is 7.15. The molecule has 2 aromatic carbocycles. The summed E-state index contributed by atoms with van der Waals surface area (Å²) in [6, 6.07) is 16.8. The molecule has 2 rings (SSSR count). The number of thioether (sulfide) groups is 1. The van der Waals surface area contributed by atoms with Gasteiger partial charge in [0.15, 0.2) is 0 Å². The molecule has 1 unspecified atom stereocenters. The van der Waals surface area contributed by atoms with Crippen LogP contribution in [0, 0.1) is 0 Å². The number of hydrogen-bond donors (Lipinski definition) is 2. The molecular formula is C18H19ClN2O2S. The van der Waals surface area contributed by atoms with E-state index in [0.29, 0.717) is 10.7 Å². The molecule has 0 aromatic heterocycles. The molecule has 0 saturated heterocycles. The zero-order valence-corrected chi connectivity index (χ0v) is 14.9. The Hall–Kier alpha value is -1.98. The van der Waals surface area contributed by atoms with E-state index in [9.17, 15) is 9.59 Å². The maximum atomic E-state index is 12.0. The van der Waals surface area contributed by atoms with Gasteiger partial charge < -0.3 is 10.6 Å². The van der Waals surface area contributed by atoms with Gasteiger partial charge in [0.1, 0.15) is 0 Å². The molecule has 0 bridgehead atoms. The lowest BCUT2D eigenvalue weighted by Gasteiger charge is -2.12. The minimum Gasteiger partial charge on any atom is -0.346 e. The summed E-state index contributed by atoms with van der Waals surface area (Å²) in [5, 5.41) is 5.73. The lowest BCUT2D eigenvalue weighted by Crippen LogP contribution is -2.37. The molecule has 126 valence electrons. The van der Waals surface area contributed by atoms with E-state index in [1.165, 1.54) is 17.3 Å². The third-order valence-corrected chi connectivity index (χ3v) is 4.73. The quantitative estimate of drug-likeness (QED) is 0.789. The van der Waals surface area contributed by atoms with Crippen LogP contribution in [0.4, 0.5) is 5.69 Å². The average molecular weight is 363 g/mol. The molecule has 0 aliphatic carbocycles. The molecule has 0 radical (unpaired) electrons. The first-order chi connectivity index (χ1) is 11.5. The van der Waals surface area contributed by atoms with Gasteiger partial charge in [0.25, 0.3) is 0 Å². The Morgan fingerprint density at radius 2 is 1.75 bits per heavy atom. The minimum absolute atomic E-state index is 0.0578. The molecule has 0 aliphatic heterocycles. The third-order valence-electron chi connectivity index (χ3n) is 3.26. The van der Waals surface area contributed by atoms with E-state index in [0.717, 1.165) is 5.75 Å². The van der Waals surface area contributed by atoms with Crippen LogP contribution >= 0.6 is 23.4 Å². The topological polar surface area (TPSA) is 58.2 Å². The van der Waals surface area contributed by atoms with Crippen molar-refractivity contribution >= 4 is 40.9 Å². The monoisotopic (exact) mass is 362 g/mol. The lowest BCUT2D eigenvalue weighted by atomic mass is 10.2. The summed E-state index contributed by atoms with van der Waals surface area (Å²) in [5.41, 5.74) is 1.81. The van der Waals surface area contributed by atoms with E-state index < -0.39 is 0 Å². The molecule has 1 atom stereocenters. The normalized spacial score (nSPS) is 11.6. The Labute approximate surface area is 151 Å². The Balaban J connectivity index is 1.71. The number of rotatable bonds is 7. The first-order valence-electron chi connectivity index (χ1n) is 7.53. The zero-order valence-electron chi connectivity index (χ0n) is 13.3. The fraction of sp³-hybridized carbons (Fsp3) is 0.222. The van der Waals surface area contributed by atoms with Crippen molar-refractivity contribution in [2.45, 2.75) is 17.9 Å². The molecule has 0 saturated carbocycles. The van der Waals surface area contributed by atoms with Crippen LogP contribution in [0.2, 0.25) is 5.02 Å².